The average Bonchev–Trinajstić information content (AvgIpc) is 3.53. The Morgan fingerprint density at radius 1 is 1.14 bits per heavy atom. The predicted octanol–water partition coefficient (Wildman–Crippen LogP) is 2.54. The van der Waals surface area contributed by atoms with Gasteiger partial charge in [0.1, 0.15) is 6.04 Å². The van der Waals surface area contributed by atoms with Crippen LogP contribution in [0, 0.1) is 5.92 Å². The zero-order valence-electron chi connectivity index (χ0n) is 21.2. The molecule has 0 saturated carbocycles. The van der Waals surface area contributed by atoms with E-state index in [2.05, 4.69) is 15.6 Å². The van der Waals surface area contributed by atoms with E-state index in [0.717, 1.165) is 35.0 Å². The van der Waals surface area contributed by atoms with E-state index in [-0.39, 0.29) is 29.8 Å². The van der Waals surface area contributed by atoms with Crippen molar-refractivity contribution in [3.05, 3.63) is 60.0 Å². The van der Waals surface area contributed by atoms with E-state index in [1.165, 1.54) is 0 Å². The van der Waals surface area contributed by atoms with Crippen LogP contribution >= 0.6 is 0 Å². The molecular formula is C27H34N6O3. The molecule has 0 bridgehead atoms. The minimum Gasteiger partial charge on any atom is -0.366 e. The highest BCUT2D eigenvalue weighted by atomic mass is 16.2. The summed E-state index contributed by atoms with van der Waals surface area (Å²) in [5.74, 6) is -0.797. The smallest absolute Gasteiger partial charge is 0.249 e. The first kappa shape index (κ1) is 25.4. The second kappa shape index (κ2) is 10.5. The van der Waals surface area contributed by atoms with Gasteiger partial charge in [-0.25, -0.2) is 0 Å². The quantitative estimate of drug-likeness (QED) is 0.448. The summed E-state index contributed by atoms with van der Waals surface area (Å²) < 4.78 is 1.97. The molecule has 4 rings (SSSR count). The molecule has 9 nitrogen and oxygen atoms in total. The van der Waals surface area contributed by atoms with Crippen molar-refractivity contribution in [2.24, 2.45) is 11.7 Å². The highest BCUT2D eigenvalue weighted by Crippen LogP contribution is 2.34. The lowest BCUT2D eigenvalue weighted by atomic mass is 10.00. The number of nitrogens with one attached hydrogen (secondary N) is 2. The van der Waals surface area contributed by atoms with Crippen molar-refractivity contribution < 1.29 is 14.4 Å². The Morgan fingerprint density at radius 2 is 1.92 bits per heavy atom. The third kappa shape index (κ3) is 4.83. The Labute approximate surface area is 211 Å². The first-order valence-corrected chi connectivity index (χ1v) is 12.4. The first-order valence-electron chi connectivity index (χ1n) is 12.4. The number of nitrogens with two attached hydrogens (primary N) is 1. The summed E-state index contributed by atoms with van der Waals surface area (Å²) in [5.41, 5.74) is 8.64. The second-order valence-electron chi connectivity index (χ2n) is 9.70. The summed E-state index contributed by atoms with van der Waals surface area (Å²) >= 11 is 0. The van der Waals surface area contributed by atoms with Crippen molar-refractivity contribution in [3.63, 3.8) is 0 Å². The van der Waals surface area contributed by atoms with Crippen LogP contribution in [0.15, 0.2) is 48.9 Å². The molecule has 3 amide bonds. The largest absolute Gasteiger partial charge is 0.366 e. The standard InChI is InChI=1S/C27H34N6O3/c1-16(2)24(31-26(35)17(3)29-4)27(36)33-11-6-9-22(33)18-13-19(15-30-14-18)32-12-10-20-21(25(28)34)7-5-8-23(20)32/h5,7-8,10,12-17,22,24,29H,6,9,11H2,1-4H3,(H2,28,34)(H,31,35)/t17-,22-,24-/m0/s1. The minimum absolute atomic E-state index is 0.0538. The number of pyridine rings is 1. The van der Waals surface area contributed by atoms with Gasteiger partial charge in [0.15, 0.2) is 0 Å². The van der Waals surface area contributed by atoms with Crippen molar-refractivity contribution in [1.29, 1.82) is 0 Å². The zero-order chi connectivity index (χ0) is 26.0. The van der Waals surface area contributed by atoms with E-state index in [9.17, 15) is 14.4 Å². The first-order chi connectivity index (χ1) is 17.2. The molecule has 0 radical (unpaired) electrons. The van der Waals surface area contributed by atoms with E-state index < -0.39 is 11.9 Å². The predicted molar refractivity (Wildman–Crippen MR) is 139 cm³/mol. The fourth-order valence-electron chi connectivity index (χ4n) is 4.85. The van der Waals surface area contributed by atoms with Crippen LogP contribution in [-0.2, 0) is 9.59 Å². The summed E-state index contributed by atoms with van der Waals surface area (Å²) in [6.45, 7) is 6.28. The molecule has 0 unspecified atom stereocenters. The van der Waals surface area contributed by atoms with Gasteiger partial charge in [-0.15, -0.1) is 0 Å². The van der Waals surface area contributed by atoms with Gasteiger partial charge in [0, 0.05) is 29.9 Å². The molecule has 3 atom stereocenters. The molecule has 1 fully saturated rings. The number of fused-ring (bicyclic) bond motifs is 1. The third-order valence-electron chi connectivity index (χ3n) is 7.00. The van der Waals surface area contributed by atoms with Crippen LogP contribution in [0.4, 0.5) is 0 Å². The highest BCUT2D eigenvalue weighted by molar-refractivity contribution is 6.06. The van der Waals surface area contributed by atoms with Crippen molar-refractivity contribution in [2.75, 3.05) is 13.6 Å². The summed E-state index contributed by atoms with van der Waals surface area (Å²) in [6.07, 6.45) is 7.15. The van der Waals surface area contributed by atoms with Crippen molar-refractivity contribution in [2.45, 2.75) is 51.7 Å². The Balaban J connectivity index is 1.63. The molecule has 1 saturated heterocycles. The van der Waals surface area contributed by atoms with Gasteiger partial charge in [0.25, 0.3) is 0 Å². The van der Waals surface area contributed by atoms with Gasteiger partial charge < -0.3 is 25.8 Å². The third-order valence-corrected chi connectivity index (χ3v) is 7.00. The molecule has 1 aliphatic rings. The summed E-state index contributed by atoms with van der Waals surface area (Å²) in [4.78, 5) is 44.3. The molecule has 190 valence electrons. The number of hydrogen-bond acceptors (Lipinski definition) is 5. The normalized spacial score (nSPS) is 17.4. The topological polar surface area (TPSA) is 122 Å². The van der Waals surface area contributed by atoms with Gasteiger partial charge in [-0.2, -0.15) is 0 Å². The maximum Gasteiger partial charge on any atom is 0.249 e. The molecule has 0 aliphatic carbocycles. The molecule has 4 N–H and O–H groups in total. The van der Waals surface area contributed by atoms with Gasteiger partial charge >= 0.3 is 0 Å². The molecule has 36 heavy (non-hydrogen) atoms. The minimum atomic E-state index is -0.606. The Morgan fingerprint density at radius 3 is 2.61 bits per heavy atom. The Kier molecular flexibility index (Phi) is 7.40. The lowest BCUT2D eigenvalue weighted by molar-refractivity contribution is -0.138. The summed E-state index contributed by atoms with van der Waals surface area (Å²) in [7, 11) is 1.72. The molecular weight excluding hydrogens is 456 g/mol. The molecule has 1 aliphatic heterocycles. The second-order valence-corrected chi connectivity index (χ2v) is 9.70. The number of rotatable bonds is 8. The molecule has 3 heterocycles. The van der Waals surface area contributed by atoms with Gasteiger partial charge in [0.05, 0.1) is 29.5 Å². The number of carbonyl (C=O) groups excluding carboxylic acids is 3. The number of amides is 3. The number of hydrogen-bond donors (Lipinski definition) is 3. The van der Waals surface area contributed by atoms with Crippen molar-refractivity contribution >= 4 is 28.6 Å². The zero-order valence-corrected chi connectivity index (χ0v) is 21.2. The lowest BCUT2D eigenvalue weighted by Crippen LogP contribution is -2.54. The summed E-state index contributed by atoms with van der Waals surface area (Å²) in [6, 6.07) is 8.23. The number of carbonyl (C=O) groups is 3. The molecule has 9 heteroatoms. The SMILES string of the molecule is CN[C@@H](C)C(=O)N[C@H](C(=O)N1CCC[C@H]1c1cncc(-n2ccc3c(C(N)=O)cccc32)c1)C(C)C. The van der Waals surface area contributed by atoms with Crippen LogP contribution in [0.25, 0.3) is 16.6 Å². The van der Waals surface area contributed by atoms with Crippen LogP contribution in [-0.4, -0.2) is 57.8 Å². The van der Waals surface area contributed by atoms with Crippen LogP contribution in [0.1, 0.15) is 55.6 Å². The van der Waals surface area contributed by atoms with E-state index in [1.807, 2.05) is 53.8 Å². The van der Waals surface area contributed by atoms with E-state index in [4.69, 9.17) is 5.73 Å². The van der Waals surface area contributed by atoms with E-state index in [1.54, 1.807) is 32.4 Å². The van der Waals surface area contributed by atoms with Crippen LogP contribution in [0.3, 0.4) is 0 Å². The molecule has 2 aromatic heterocycles. The number of likely N-dealkylation sites (N-methyl/N-ethyl adjacent to an activating group) is 1. The molecule has 1 aromatic carbocycles. The average molecular weight is 491 g/mol. The number of primary amides is 1. The van der Waals surface area contributed by atoms with Gasteiger partial charge in [0.2, 0.25) is 17.7 Å². The number of benzene rings is 1. The monoisotopic (exact) mass is 490 g/mol. The van der Waals surface area contributed by atoms with Gasteiger partial charge in [-0.3, -0.25) is 19.4 Å². The molecule has 3 aromatic rings. The number of nitrogens with zero attached hydrogens (tertiary/aromatic N) is 3. The summed E-state index contributed by atoms with van der Waals surface area (Å²) in [5, 5.41) is 6.63. The number of aromatic nitrogens is 2. The Hall–Kier alpha value is -3.72. The fraction of sp³-hybridized carbons (Fsp3) is 0.407. The Bertz CT molecular complexity index is 1280. The lowest BCUT2D eigenvalue weighted by Gasteiger charge is -2.32. The number of likely N-dealkylation sites (tertiary alicyclic amines) is 1. The highest BCUT2D eigenvalue weighted by Gasteiger charge is 2.36. The van der Waals surface area contributed by atoms with Crippen molar-refractivity contribution in [3.8, 4) is 5.69 Å². The van der Waals surface area contributed by atoms with E-state index in [0.29, 0.717) is 12.1 Å². The van der Waals surface area contributed by atoms with Gasteiger partial charge in [-0.1, -0.05) is 19.9 Å². The van der Waals surface area contributed by atoms with Crippen molar-refractivity contribution in [1.82, 2.24) is 25.1 Å². The maximum absolute atomic E-state index is 13.6. The van der Waals surface area contributed by atoms with Crippen LogP contribution in [0.5, 0.6) is 0 Å². The van der Waals surface area contributed by atoms with Crippen LogP contribution in [0.2, 0.25) is 0 Å². The van der Waals surface area contributed by atoms with E-state index >= 15 is 0 Å². The fourth-order valence-corrected chi connectivity index (χ4v) is 4.85. The van der Waals surface area contributed by atoms with Crippen LogP contribution < -0.4 is 16.4 Å². The maximum atomic E-state index is 13.6. The molecule has 0 spiro atoms. The van der Waals surface area contributed by atoms with Gasteiger partial charge in [-0.05, 0) is 62.6 Å².